The monoisotopic (exact) mass is 520 g/mol. The standard InChI is InChI=1S/C27H24N2O9/c1-13(30)36-20-12-35-27(24(38-15(3)32)23(20)37-14(2)31)29-19-11-7-5-9-17(19)22(26(29)34)21-16-8-4-6-10-18(16)28-25(21)33/h4-11,20,23-24,27,34H,12H2,1-3H3. The molecule has 3 aromatic rings. The van der Waals surface area contributed by atoms with Gasteiger partial charge in [0.2, 0.25) is 5.88 Å². The molecule has 0 bridgehead atoms. The van der Waals surface area contributed by atoms with E-state index in [-0.39, 0.29) is 23.6 Å². The summed E-state index contributed by atoms with van der Waals surface area (Å²) in [6, 6.07) is 13.9. The molecule has 0 saturated carbocycles. The van der Waals surface area contributed by atoms with Crippen LogP contribution in [0.15, 0.2) is 53.5 Å². The summed E-state index contributed by atoms with van der Waals surface area (Å²) >= 11 is 0. The lowest BCUT2D eigenvalue weighted by Crippen LogP contribution is -2.55. The molecule has 1 amide bonds. The number of fused-ring (bicyclic) bond motifs is 2. The molecule has 3 heterocycles. The van der Waals surface area contributed by atoms with Gasteiger partial charge in [-0.05, 0) is 12.1 Å². The van der Waals surface area contributed by atoms with Gasteiger partial charge in [0.05, 0.1) is 28.6 Å². The highest BCUT2D eigenvalue weighted by Crippen LogP contribution is 2.42. The van der Waals surface area contributed by atoms with Crippen LogP contribution in [-0.4, -0.2) is 58.4 Å². The summed E-state index contributed by atoms with van der Waals surface area (Å²) < 4.78 is 23.7. The van der Waals surface area contributed by atoms with Gasteiger partial charge in [0.1, 0.15) is 0 Å². The predicted octanol–water partition coefficient (Wildman–Crippen LogP) is 1.03. The second-order valence-corrected chi connectivity index (χ2v) is 8.91. The third-order valence-corrected chi connectivity index (χ3v) is 6.32. The second kappa shape index (κ2) is 9.75. The van der Waals surface area contributed by atoms with Crippen LogP contribution in [0.5, 0.6) is 5.88 Å². The van der Waals surface area contributed by atoms with E-state index in [1.165, 1.54) is 25.3 Å². The van der Waals surface area contributed by atoms with E-state index in [2.05, 4.69) is 4.99 Å². The molecule has 1 fully saturated rings. The van der Waals surface area contributed by atoms with Gasteiger partial charge < -0.3 is 24.1 Å². The first-order valence-corrected chi connectivity index (χ1v) is 11.8. The van der Waals surface area contributed by atoms with Crippen molar-refractivity contribution in [3.8, 4) is 5.88 Å². The Hall–Kier alpha value is -4.51. The molecule has 0 spiro atoms. The van der Waals surface area contributed by atoms with E-state index in [0.29, 0.717) is 21.5 Å². The first-order chi connectivity index (χ1) is 18.2. The highest BCUT2D eigenvalue weighted by Gasteiger charge is 2.49. The van der Waals surface area contributed by atoms with Crippen LogP contribution in [-0.2, 0) is 38.1 Å². The van der Waals surface area contributed by atoms with Crippen molar-refractivity contribution in [1.29, 1.82) is 0 Å². The second-order valence-electron chi connectivity index (χ2n) is 8.91. The van der Waals surface area contributed by atoms with E-state index in [4.69, 9.17) is 18.9 Å². The Kier molecular flexibility index (Phi) is 6.45. The van der Waals surface area contributed by atoms with E-state index in [0.717, 1.165) is 0 Å². The minimum absolute atomic E-state index is 0.210. The third kappa shape index (κ3) is 4.30. The lowest BCUT2D eigenvalue weighted by Gasteiger charge is -2.41. The Morgan fingerprint density at radius 1 is 0.921 bits per heavy atom. The summed E-state index contributed by atoms with van der Waals surface area (Å²) in [7, 11) is 0. The third-order valence-electron chi connectivity index (χ3n) is 6.32. The zero-order valence-electron chi connectivity index (χ0n) is 20.7. The van der Waals surface area contributed by atoms with Gasteiger partial charge in [0, 0.05) is 31.4 Å². The van der Waals surface area contributed by atoms with Crippen molar-refractivity contribution < 1.29 is 43.2 Å². The number of esters is 3. The zero-order chi connectivity index (χ0) is 27.1. The van der Waals surface area contributed by atoms with Crippen LogP contribution >= 0.6 is 0 Å². The lowest BCUT2D eigenvalue weighted by atomic mass is 10.0. The number of carbonyl (C=O) groups is 4. The van der Waals surface area contributed by atoms with Gasteiger partial charge in [-0.3, -0.25) is 23.7 Å². The number of hydrogen-bond donors (Lipinski definition) is 1. The number of aromatic nitrogens is 1. The van der Waals surface area contributed by atoms with Gasteiger partial charge in [-0.15, -0.1) is 0 Å². The maximum atomic E-state index is 13.0. The normalized spacial score (nSPS) is 22.5. The summed E-state index contributed by atoms with van der Waals surface area (Å²) in [5.41, 5.74) is 0.900. The van der Waals surface area contributed by atoms with Gasteiger partial charge in [-0.1, -0.05) is 36.4 Å². The molecule has 1 aromatic heterocycles. The van der Waals surface area contributed by atoms with E-state index in [1.54, 1.807) is 48.5 Å². The molecule has 11 nitrogen and oxygen atoms in total. The van der Waals surface area contributed by atoms with Crippen LogP contribution in [0, 0.1) is 0 Å². The lowest BCUT2D eigenvalue weighted by molar-refractivity contribution is -0.239. The van der Waals surface area contributed by atoms with Crippen molar-refractivity contribution in [1.82, 2.24) is 4.57 Å². The number of rotatable bonds is 5. The molecule has 2 aliphatic heterocycles. The quantitative estimate of drug-likeness (QED) is 0.385. The van der Waals surface area contributed by atoms with Crippen LogP contribution in [0.3, 0.4) is 0 Å². The number of aromatic hydroxyl groups is 1. The molecule has 2 aliphatic rings. The molecule has 1 N–H and O–H groups in total. The van der Waals surface area contributed by atoms with Crippen molar-refractivity contribution in [2.45, 2.75) is 45.3 Å². The molecule has 4 unspecified atom stereocenters. The van der Waals surface area contributed by atoms with Crippen LogP contribution in [0.4, 0.5) is 0 Å². The fraction of sp³-hybridized carbons (Fsp3) is 0.296. The van der Waals surface area contributed by atoms with Gasteiger partial charge in [0.15, 0.2) is 24.5 Å². The Balaban J connectivity index is 1.72. The zero-order valence-corrected chi connectivity index (χ0v) is 20.7. The van der Waals surface area contributed by atoms with Gasteiger partial charge in [-0.25, -0.2) is 4.99 Å². The molecule has 4 atom stereocenters. The number of benzene rings is 2. The van der Waals surface area contributed by atoms with Gasteiger partial charge in [0.25, 0.3) is 5.91 Å². The summed E-state index contributed by atoms with van der Waals surface area (Å²) in [5, 5.41) is 13.2. The number of carbonyl (C=O) groups excluding carboxylic acids is 4. The summed E-state index contributed by atoms with van der Waals surface area (Å²) in [4.78, 5) is 53.0. The molecule has 5 rings (SSSR count). The summed E-state index contributed by atoms with van der Waals surface area (Å²) in [6.45, 7) is 3.30. The Bertz CT molecular complexity index is 1610. The fourth-order valence-electron chi connectivity index (χ4n) is 5.00. The Morgan fingerprint density at radius 2 is 1.55 bits per heavy atom. The highest BCUT2D eigenvalue weighted by atomic mass is 16.6. The van der Waals surface area contributed by atoms with Crippen LogP contribution < -0.4 is 10.6 Å². The minimum Gasteiger partial charge on any atom is -0.494 e. The van der Waals surface area contributed by atoms with Crippen LogP contribution in [0.1, 0.15) is 32.6 Å². The number of para-hydroxylation sites is 2. The fourth-order valence-corrected chi connectivity index (χ4v) is 5.00. The summed E-state index contributed by atoms with van der Waals surface area (Å²) in [6.07, 6.45) is -4.83. The average Bonchev–Trinajstić information content (AvgIpc) is 3.32. The van der Waals surface area contributed by atoms with E-state index in [1.807, 2.05) is 0 Å². The number of amides is 1. The first kappa shape index (κ1) is 25.2. The molecular weight excluding hydrogens is 496 g/mol. The minimum atomic E-state index is -1.31. The molecule has 196 valence electrons. The predicted molar refractivity (Wildman–Crippen MR) is 130 cm³/mol. The summed E-state index contributed by atoms with van der Waals surface area (Å²) in [5.74, 6) is -2.91. The SMILES string of the molecule is CC(=O)OC1COC(n2c(O)c(C3=c4ccccc4=NC3=O)c3ccccc32)C(OC(C)=O)C1OC(C)=O. The largest absolute Gasteiger partial charge is 0.494 e. The van der Waals surface area contributed by atoms with Crippen molar-refractivity contribution in [2.75, 3.05) is 6.61 Å². The molecule has 0 aliphatic carbocycles. The molecule has 11 heteroatoms. The van der Waals surface area contributed by atoms with E-state index < -0.39 is 48.4 Å². The molecular formula is C27H24N2O9. The Morgan fingerprint density at radius 3 is 2.26 bits per heavy atom. The van der Waals surface area contributed by atoms with Crippen molar-refractivity contribution in [3.05, 3.63) is 64.7 Å². The number of hydrogen-bond acceptors (Lipinski definition) is 9. The number of nitrogens with zero attached hydrogens (tertiary/aromatic N) is 2. The number of ether oxygens (including phenoxy) is 4. The van der Waals surface area contributed by atoms with Gasteiger partial charge in [-0.2, -0.15) is 0 Å². The van der Waals surface area contributed by atoms with Crippen LogP contribution in [0.2, 0.25) is 0 Å². The van der Waals surface area contributed by atoms with Crippen molar-refractivity contribution in [2.24, 2.45) is 4.99 Å². The van der Waals surface area contributed by atoms with Crippen LogP contribution in [0.25, 0.3) is 16.5 Å². The van der Waals surface area contributed by atoms with Gasteiger partial charge >= 0.3 is 17.9 Å². The van der Waals surface area contributed by atoms with E-state index in [9.17, 15) is 24.3 Å². The van der Waals surface area contributed by atoms with Crippen molar-refractivity contribution >= 4 is 40.3 Å². The molecule has 2 aromatic carbocycles. The highest BCUT2D eigenvalue weighted by molar-refractivity contribution is 6.25. The Labute approximate surface area is 215 Å². The maximum absolute atomic E-state index is 13.0. The molecule has 0 radical (unpaired) electrons. The smallest absolute Gasteiger partial charge is 0.303 e. The van der Waals surface area contributed by atoms with E-state index >= 15 is 0 Å². The maximum Gasteiger partial charge on any atom is 0.303 e. The average molecular weight is 520 g/mol. The first-order valence-electron chi connectivity index (χ1n) is 11.8. The molecule has 1 saturated heterocycles. The molecule has 38 heavy (non-hydrogen) atoms. The van der Waals surface area contributed by atoms with Crippen molar-refractivity contribution in [3.63, 3.8) is 0 Å². The topological polar surface area (TPSA) is 143 Å².